The van der Waals surface area contributed by atoms with Crippen molar-refractivity contribution < 1.29 is 19.0 Å². The van der Waals surface area contributed by atoms with Gasteiger partial charge in [-0.25, -0.2) is 9.37 Å². The second kappa shape index (κ2) is 7.77. The van der Waals surface area contributed by atoms with Crippen LogP contribution in [-0.4, -0.2) is 64.2 Å². The Morgan fingerprint density at radius 3 is 2.58 bits per heavy atom. The normalized spacial score (nSPS) is 25.0. The van der Waals surface area contributed by atoms with E-state index in [1.165, 1.54) is 0 Å². The summed E-state index contributed by atoms with van der Waals surface area (Å²) in [6.07, 6.45) is 0.969. The van der Waals surface area contributed by atoms with Crippen LogP contribution in [0.3, 0.4) is 0 Å². The van der Waals surface area contributed by atoms with Gasteiger partial charge in [-0.2, -0.15) is 0 Å². The van der Waals surface area contributed by atoms with Gasteiger partial charge >= 0.3 is 0 Å². The molecule has 0 radical (unpaired) electrons. The maximum atomic E-state index is 14.6. The minimum absolute atomic E-state index is 0.0712. The van der Waals surface area contributed by atoms with Crippen LogP contribution in [0.1, 0.15) is 6.42 Å². The molecular formula is C23H23FN4O3. The molecular weight excluding hydrogens is 399 g/mol. The zero-order valence-corrected chi connectivity index (χ0v) is 17.3. The van der Waals surface area contributed by atoms with Crippen LogP contribution in [0.15, 0.2) is 48.7 Å². The molecule has 3 heterocycles. The van der Waals surface area contributed by atoms with Crippen LogP contribution in [-0.2, 0) is 0 Å². The highest BCUT2D eigenvalue weighted by Crippen LogP contribution is 2.41. The summed E-state index contributed by atoms with van der Waals surface area (Å²) in [5.74, 6) is 1.05. The molecule has 1 aliphatic carbocycles. The molecule has 1 saturated carbocycles. The molecule has 2 bridgehead atoms. The minimum atomic E-state index is -1.02. The van der Waals surface area contributed by atoms with Crippen molar-refractivity contribution >= 4 is 0 Å². The zero-order valence-electron chi connectivity index (χ0n) is 17.3. The number of phenols is 1. The molecule has 1 aromatic carbocycles. The van der Waals surface area contributed by atoms with Crippen LogP contribution < -0.4 is 9.47 Å². The molecule has 0 spiro atoms. The van der Waals surface area contributed by atoms with Gasteiger partial charge in [-0.1, -0.05) is 6.07 Å². The lowest BCUT2D eigenvalue weighted by molar-refractivity contribution is 0.0220. The molecule has 1 saturated heterocycles. The number of phenolic OH excluding ortho intramolecular Hbond substituents is 1. The second-order valence-corrected chi connectivity index (χ2v) is 8.11. The van der Waals surface area contributed by atoms with E-state index in [-0.39, 0.29) is 17.7 Å². The molecule has 4 atom stereocenters. The monoisotopic (exact) mass is 422 g/mol. The van der Waals surface area contributed by atoms with Crippen LogP contribution in [0.5, 0.6) is 17.5 Å². The van der Waals surface area contributed by atoms with Crippen molar-refractivity contribution in [3.05, 3.63) is 48.7 Å². The van der Waals surface area contributed by atoms with E-state index in [2.05, 4.69) is 20.1 Å². The summed E-state index contributed by atoms with van der Waals surface area (Å²) >= 11 is 0. The number of nitrogens with zero attached hydrogens (tertiary/aromatic N) is 4. The number of hydrogen-bond acceptors (Lipinski definition) is 7. The highest BCUT2D eigenvalue weighted by Gasteiger charge is 2.52. The van der Waals surface area contributed by atoms with Crippen molar-refractivity contribution in [3.8, 4) is 39.9 Å². The van der Waals surface area contributed by atoms with Crippen LogP contribution in [0.4, 0.5) is 4.39 Å². The maximum absolute atomic E-state index is 14.6. The summed E-state index contributed by atoms with van der Waals surface area (Å²) in [6, 6.07) is 12.3. The summed E-state index contributed by atoms with van der Waals surface area (Å²) in [6.45, 7) is 0.838. The number of rotatable bonds is 5. The molecule has 2 aromatic heterocycles. The summed E-state index contributed by atoms with van der Waals surface area (Å²) in [7, 11) is 3.51. The van der Waals surface area contributed by atoms with E-state index in [1.54, 1.807) is 43.6 Å². The van der Waals surface area contributed by atoms with Crippen molar-refractivity contribution in [2.75, 3.05) is 20.7 Å². The summed E-state index contributed by atoms with van der Waals surface area (Å²) < 4.78 is 25.6. The van der Waals surface area contributed by atoms with Crippen LogP contribution in [0.2, 0.25) is 0 Å². The van der Waals surface area contributed by atoms with Crippen molar-refractivity contribution in [1.29, 1.82) is 0 Å². The molecule has 7 nitrogen and oxygen atoms in total. The molecule has 1 N–H and O–H groups in total. The van der Waals surface area contributed by atoms with Gasteiger partial charge in [-0.05, 0) is 48.9 Å². The maximum Gasteiger partial charge on any atom is 0.233 e. The number of piperidine rings is 1. The molecule has 2 fully saturated rings. The summed E-state index contributed by atoms with van der Waals surface area (Å²) in [4.78, 5) is 6.15. The highest BCUT2D eigenvalue weighted by atomic mass is 19.1. The third-order valence-electron chi connectivity index (χ3n) is 6.23. The van der Waals surface area contributed by atoms with E-state index >= 15 is 0 Å². The minimum Gasteiger partial charge on any atom is -0.507 e. The fourth-order valence-corrected chi connectivity index (χ4v) is 4.62. The van der Waals surface area contributed by atoms with E-state index in [9.17, 15) is 9.50 Å². The Kier molecular flexibility index (Phi) is 4.94. The topological polar surface area (TPSA) is 80.6 Å². The van der Waals surface area contributed by atoms with E-state index in [1.807, 2.05) is 19.2 Å². The van der Waals surface area contributed by atoms with E-state index in [4.69, 9.17) is 9.47 Å². The van der Waals surface area contributed by atoms with Gasteiger partial charge in [0, 0.05) is 42.4 Å². The Labute approximate surface area is 179 Å². The first-order valence-corrected chi connectivity index (χ1v) is 10.2. The first-order chi connectivity index (χ1) is 15.0. The van der Waals surface area contributed by atoms with Crippen LogP contribution >= 0.6 is 0 Å². The molecule has 0 amide bonds. The number of aromatic nitrogens is 3. The smallest absolute Gasteiger partial charge is 0.233 e. The number of benzene rings is 1. The number of hydrogen-bond donors (Lipinski definition) is 1. The van der Waals surface area contributed by atoms with Gasteiger partial charge in [-0.3, -0.25) is 4.90 Å². The van der Waals surface area contributed by atoms with Crippen molar-refractivity contribution in [2.45, 2.75) is 24.7 Å². The lowest BCUT2D eigenvalue weighted by atomic mass is 10.0. The van der Waals surface area contributed by atoms with E-state index < -0.39 is 12.3 Å². The standard InChI is InChI=1S/C23H23FN4O3/c1-28-12-15-9-18(28)22(24)23(15)31-20-6-5-17(26-27-20)16-4-3-13(10-19(16)29)14-7-8-25-21(11-14)30-2/h3-8,10-11,15,18,22-23,29H,9,12H2,1-2H3/t15?,18?,22-,23-/m0/s1. The van der Waals surface area contributed by atoms with Gasteiger partial charge in [0.15, 0.2) is 6.17 Å². The molecule has 2 aliphatic rings. The van der Waals surface area contributed by atoms with Gasteiger partial charge < -0.3 is 14.6 Å². The second-order valence-electron chi connectivity index (χ2n) is 8.11. The molecule has 8 heteroatoms. The van der Waals surface area contributed by atoms with Gasteiger partial charge in [0.1, 0.15) is 11.9 Å². The molecule has 31 heavy (non-hydrogen) atoms. The Morgan fingerprint density at radius 1 is 1.06 bits per heavy atom. The average Bonchev–Trinajstić information content (AvgIpc) is 3.31. The van der Waals surface area contributed by atoms with Crippen molar-refractivity contribution in [1.82, 2.24) is 20.1 Å². The molecule has 3 aromatic rings. The van der Waals surface area contributed by atoms with Gasteiger partial charge in [0.25, 0.3) is 0 Å². The first-order valence-electron chi connectivity index (χ1n) is 10.2. The fraction of sp³-hybridized carbons (Fsp3) is 0.348. The quantitative estimate of drug-likeness (QED) is 0.675. The largest absolute Gasteiger partial charge is 0.507 e. The van der Waals surface area contributed by atoms with Gasteiger partial charge in [-0.15, -0.1) is 10.2 Å². The predicted octanol–water partition coefficient (Wildman–Crippen LogP) is 3.34. The highest BCUT2D eigenvalue weighted by molar-refractivity contribution is 5.74. The SMILES string of the molecule is COc1cc(-c2ccc(-c3ccc(O[C@H]4C5CC([C@@H]4F)N(C)C5)nn3)c(O)c2)ccn1. The van der Waals surface area contributed by atoms with Gasteiger partial charge in [0.2, 0.25) is 11.8 Å². The third kappa shape index (κ3) is 3.57. The third-order valence-corrected chi connectivity index (χ3v) is 6.23. The number of alkyl halides is 1. The Balaban J connectivity index is 1.33. The number of halogens is 1. The molecule has 5 rings (SSSR count). The Hall–Kier alpha value is -3.26. The number of pyridine rings is 1. The predicted molar refractivity (Wildman–Crippen MR) is 113 cm³/mol. The number of likely N-dealkylation sites (tertiary alicyclic amines) is 1. The number of methoxy groups -OCH3 is 1. The van der Waals surface area contributed by atoms with Crippen molar-refractivity contribution in [2.24, 2.45) is 5.92 Å². The summed E-state index contributed by atoms with van der Waals surface area (Å²) in [5, 5.41) is 18.9. The number of fused-ring (bicyclic) bond motifs is 2. The van der Waals surface area contributed by atoms with E-state index in [0.717, 1.165) is 24.1 Å². The first kappa shape index (κ1) is 19.7. The Morgan fingerprint density at radius 2 is 1.90 bits per heavy atom. The average molecular weight is 422 g/mol. The van der Waals surface area contributed by atoms with Crippen LogP contribution in [0, 0.1) is 5.92 Å². The molecule has 160 valence electrons. The fourth-order valence-electron chi connectivity index (χ4n) is 4.62. The van der Waals surface area contributed by atoms with Crippen LogP contribution in [0.25, 0.3) is 22.4 Å². The molecule has 1 aliphatic heterocycles. The Bertz CT molecular complexity index is 1090. The van der Waals surface area contributed by atoms with E-state index in [0.29, 0.717) is 23.0 Å². The number of ether oxygens (including phenoxy) is 2. The lowest BCUT2D eigenvalue weighted by Crippen LogP contribution is -2.46. The van der Waals surface area contributed by atoms with Crippen molar-refractivity contribution in [3.63, 3.8) is 0 Å². The molecule has 2 unspecified atom stereocenters. The zero-order chi connectivity index (χ0) is 21.5. The lowest BCUT2D eigenvalue weighted by Gasteiger charge is -2.31. The van der Waals surface area contributed by atoms with Gasteiger partial charge in [0.05, 0.1) is 12.8 Å². The number of aromatic hydroxyl groups is 1. The summed E-state index contributed by atoms with van der Waals surface area (Å²) in [5.41, 5.74) is 2.76.